The molecule has 2 amide bonds. The minimum absolute atomic E-state index is 0.0703. The van der Waals surface area contributed by atoms with Gasteiger partial charge in [-0.25, -0.2) is 4.79 Å². The molecule has 0 saturated heterocycles. The Bertz CT molecular complexity index is 1300. The molecule has 11 heteroatoms. The maximum Gasteiger partial charge on any atom is 0.467 e. The van der Waals surface area contributed by atoms with Crippen molar-refractivity contribution >= 4 is 38.7 Å². The summed E-state index contributed by atoms with van der Waals surface area (Å²) in [6.07, 6.45) is 7.73. The van der Waals surface area contributed by atoms with Crippen molar-refractivity contribution in [1.29, 1.82) is 0 Å². The first-order valence-electron chi connectivity index (χ1n) is 12.5. The number of benzene rings is 2. The van der Waals surface area contributed by atoms with Crippen molar-refractivity contribution in [2.24, 2.45) is 5.92 Å². The molecule has 0 radical (unpaired) electrons. The van der Waals surface area contributed by atoms with Gasteiger partial charge in [-0.05, 0) is 48.3 Å². The number of carbonyl (C=O) groups is 3. The van der Waals surface area contributed by atoms with Crippen molar-refractivity contribution in [3.63, 3.8) is 0 Å². The Morgan fingerprint density at radius 3 is 2.41 bits per heavy atom. The Morgan fingerprint density at radius 1 is 1.05 bits per heavy atom. The van der Waals surface area contributed by atoms with E-state index in [1.165, 1.54) is 12.1 Å². The van der Waals surface area contributed by atoms with Crippen LogP contribution < -0.4 is 0 Å². The number of halogens is 2. The Hall–Kier alpha value is -2.92. The highest BCUT2D eigenvalue weighted by Crippen LogP contribution is 2.35. The lowest BCUT2D eigenvalue weighted by Gasteiger charge is -2.27. The average Bonchev–Trinajstić information content (AvgIpc) is 2.89. The molecule has 0 unspecified atom stereocenters. The summed E-state index contributed by atoms with van der Waals surface area (Å²) < 4.78 is 63.0. The first-order chi connectivity index (χ1) is 17.6. The lowest BCUT2D eigenvalue weighted by atomic mass is 9.87. The number of carbonyl (C=O) groups excluding carboxylic acids is 3. The molecule has 0 aromatic heterocycles. The summed E-state index contributed by atoms with van der Waals surface area (Å²) in [5, 5.41) is -4.42. The van der Waals surface area contributed by atoms with Crippen molar-refractivity contribution in [2.75, 3.05) is 6.61 Å². The molecule has 0 spiro atoms. The molecular weight excluding hydrogens is 508 g/mol. The number of aryl methyl sites for hydroxylation is 1. The van der Waals surface area contributed by atoms with Gasteiger partial charge in [0.05, 0.1) is 17.7 Å². The topological polar surface area (TPSA) is 107 Å². The predicted molar refractivity (Wildman–Crippen MR) is 130 cm³/mol. The zero-order chi connectivity index (χ0) is 26.8. The quantitative estimate of drug-likeness (QED) is 0.305. The van der Waals surface area contributed by atoms with E-state index in [0.29, 0.717) is 23.6 Å². The number of alkyl halides is 2. The predicted octanol–water partition coefficient (Wildman–Crippen LogP) is 5.15. The molecule has 0 bridgehead atoms. The van der Waals surface area contributed by atoms with Gasteiger partial charge in [-0.15, -0.1) is 9.35 Å². The van der Waals surface area contributed by atoms with E-state index in [1.54, 1.807) is 18.2 Å². The van der Waals surface area contributed by atoms with Crippen LogP contribution in [0.4, 0.5) is 8.78 Å². The van der Waals surface area contributed by atoms with E-state index in [-0.39, 0.29) is 28.7 Å². The number of hydroxylamine groups is 2. The Labute approximate surface area is 214 Å². The molecule has 200 valence electrons. The van der Waals surface area contributed by atoms with Crippen LogP contribution >= 0.6 is 0 Å². The summed E-state index contributed by atoms with van der Waals surface area (Å²) in [5.41, 5.74) is 0.755. The smallest absolute Gasteiger partial charge is 0.460 e. The van der Waals surface area contributed by atoms with Crippen LogP contribution in [-0.2, 0) is 30.4 Å². The summed E-state index contributed by atoms with van der Waals surface area (Å²) in [7, 11) is -6.10. The van der Waals surface area contributed by atoms with Crippen LogP contribution in [-0.4, -0.2) is 43.1 Å². The van der Waals surface area contributed by atoms with E-state index in [4.69, 9.17) is 0 Å². The molecule has 37 heavy (non-hydrogen) atoms. The van der Waals surface area contributed by atoms with Crippen LogP contribution in [0.2, 0.25) is 0 Å². The normalized spacial score (nSPS) is 16.9. The van der Waals surface area contributed by atoms with E-state index in [0.717, 1.165) is 50.5 Å². The van der Waals surface area contributed by atoms with Gasteiger partial charge in [-0.2, -0.15) is 17.2 Å². The zero-order valence-electron chi connectivity index (χ0n) is 20.5. The van der Waals surface area contributed by atoms with Crippen LogP contribution in [0.25, 0.3) is 10.8 Å². The first-order valence-corrected chi connectivity index (χ1v) is 13.9. The standard InChI is InChI=1S/C26H29F2NO7S/c1-2-3-10-18-13-14-21-22-19(18)11-7-12-20(22)23(30)29(24(21)31)36-37(33,34)26(27,28)25(32)35-16-15-17-8-5-4-6-9-17/h7,11-14,17H,2-6,8-10,15-16H2,1H3. The summed E-state index contributed by atoms with van der Waals surface area (Å²) >= 11 is 0. The average molecular weight is 538 g/mol. The van der Waals surface area contributed by atoms with Crippen molar-refractivity contribution < 1.29 is 40.6 Å². The van der Waals surface area contributed by atoms with Gasteiger partial charge in [0.15, 0.2) is 0 Å². The van der Waals surface area contributed by atoms with Crippen LogP contribution in [0.1, 0.15) is 84.6 Å². The highest BCUT2D eigenvalue weighted by Gasteiger charge is 2.58. The van der Waals surface area contributed by atoms with Crippen molar-refractivity contribution in [2.45, 2.75) is 70.0 Å². The van der Waals surface area contributed by atoms with Gasteiger partial charge in [-0.3, -0.25) is 9.59 Å². The largest absolute Gasteiger partial charge is 0.467 e. The second-order valence-corrected chi connectivity index (χ2v) is 11.1. The second kappa shape index (κ2) is 10.8. The van der Waals surface area contributed by atoms with Crippen molar-refractivity contribution in [3.8, 4) is 0 Å². The number of amides is 2. The number of hydrogen-bond donors (Lipinski definition) is 0. The van der Waals surface area contributed by atoms with Gasteiger partial charge in [0.2, 0.25) is 0 Å². The van der Waals surface area contributed by atoms with Crippen LogP contribution in [0.15, 0.2) is 30.3 Å². The van der Waals surface area contributed by atoms with E-state index in [2.05, 4.69) is 9.02 Å². The summed E-state index contributed by atoms with van der Waals surface area (Å²) in [6.45, 7) is 1.65. The molecule has 8 nitrogen and oxygen atoms in total. The zero-order valence-corrected chi connectivity index (χ0v) is 21.3. The lowest BCUT2D eigenvalue weighted by Crippen LogP contribution is -2.48. The number of imide groups is 1. The van der Waals surface area contributed by atoms with Crippen molar-refractivity contribution in [3.05, 3.63) is 47.0 Å². The Morgan fingerprint density at radius 2 is 1.73 bits per heavy atom. The molecular formula is C26H29F2NO7S. The van der Waals surface area contributed by atoms with Gasteiger partial charge in [0.1, 0.15) is 0 Å². The van der Waals surface area contributed by atoms with Crippen molar-refractivity contribution in [1.82, 2.24) is 5.06 Å². The molecule has 1 fully saturated rings. The van der Waals surface area contributed by atoms with Gasteiger partial charge in [0.25, 0.3) is 11.8 Å². The number of nitrogens with zero attached hydrogens (tertiary/aromatic N) is 1. The van der Waals surface area contributed by atoms with Gasteiger partial charge >= 0.3 is 21.3 Å². The van der Waals surface area contributed by atoms with E-state index >= 15 is 0 Å². The van der Waals surface area contributed by atoms with E-state index < -0.39 is 33.2 Å². The van der Waals surface area contributed by atoms with Gasteiger partial charge in [0, 0.05) is 5.39 Å². The number of rotatable bonds is 10. The van der Waals surface area contributed by atoms with Crippen LogP contribution in [0, 0.1) is 5.92 Å². The molecule has 1 heterocycles. The number of ether oxygens (including phenoxy) is 1. The maximum atomic E-state index is 14.6. The highest BCUT2D eigenvalue weighted by molar-refractivity contribution is 7.88. The van der Waals surface area contributed by atoms with E-state index in [9.17, 15) is 31.6 Å². The third-order valence-corrected chi connectivity index (χ3v) is 8.11. The molecule has 1 aliphatic carbocycles. The molecule has 1 aliphatic heterocycles. The monoisotopic (exact) mass is 537 g/mol. The summed E-state index contributed by atoms with van der Waals surface area (Å²) in [5.74, 6) is -4.54. The fourth-order valence-corrected chi connectivity index (χ4v) is 5.60. The summed E-state index contributed by atoms with van der Waals surface area (Å²) in [4.78, 5) is 38.0. The molecule has 2 aromatic carbocycles. The fraction of sp³-hybridized carbons (Fsp3) is 0.500. The summed E-state index contributed by atoms with van der Waals surface area (Å²) in [6, 6.07) is 7.72. The molecule has 1 saturated carbocycles. The van der Waals surface area contributed by atoms with Gasteiger partial charge in [-0.1, -0.05) is 63.6 Å². The molecule has 0 atom stereocenters. The molecule has 4 rings (SSSR count). The minimum Gasteiger partial charge on any atom is -0.460 e. The molecule has 0 N–H and O–H groups in total. The van der Waals surface area contributed by atoms with E-state index in [1.807, 2.05) is 6.92 Å². The molecule has 2 aromatic rings. The van der Waals surface area contributed by atoms with Crippen LogP contribution in [0.3, 0.4) is 0 Å². The number of esters is 1. The third-order valence-electron chi connectivity index (χ3n) is 6.97. The Balaban J connectivity index is 1.52. The number of unbranched alkanes of at least 4 members (excludes halogenated alkanes) is 1. The maximum absolute atomic E-state index is 14.6. The lowest BCUT2D eigenvalue weighted by molar-refractivity contribution is -0.163. The second-order valence-electron chi connectivity index (χ2n) is 9.48. The highest BCUT2D eigenvalue weighted by atomic mass is 32.2. The first kappa shape index (κ1) is 27.1. The van der Waals surface area contributed by atoms with Crippen LogP contribution in [0.5, 0.6) is 0 Å². The number of hydrogen-bond acceptors (Lipinski definition) is 7. The SMILES string of the molecule is CCCCc1ccc2c3c(cccc13)C(=O)N(OS(=O)(=O)C(F)(F)C(=O)OCCC1CCCCC1)C2=O. The van der Waals surface area contributed by atoms with Gasteiger partial charge < -0.3 is 4.74 Å². The Kier molecular flexibility index (Phi) is 7.94. The fourth-order valence-electron chi connectivity index (χ4n) is 4.91. The third kappa shape index (κ3) is 5.24. The minimum atomic E-state index is -6.10. The molecule has 2 aliphatic rings.